The second kappa shape index (κ2) is 21.1. The summed E-state index contributed by atoms with van der Waals surface area (Å²) in [6.07, 6.45) is 3.94. The topological polar surface area (TPSA) is 167 Å². The number of methoxy groups -OCH3 is 2. The number of amides is 3. The van der Waals surface area contributed by atoms with Crippen LogP contribution in [0.1, 0.15) is 99.0 Å². The number of hydrogen-bond acceptors (Lipinski definition) is 10. The smallest absolute Gasteiger partial charge is 0.306 e. The number of Topliss-reactive ketones (excluding diaryl/α,β-unsaturated/α-hetero) is 1. The van der Waals surface area contributed by atoms with Crippen LogP contribution in [-0.2, 0) is 25.5 Å². The Labute approximate surface area is 318 Å². The van der Waals surface area contributed by atoms with Crippen molar-refractivity contribution in [3.8, 4) is 5.75 Å². The second-order valence-corrected chi connectivity index (χ2v) is 15.4. The number of carboxylic acids is 1. The number of ketones is 1. The maximum Gasteiger partial charge on any atom is 0.306 e. The highest BCUT2D eigenvalue weighted by molar-refractivity contribution is 7.12. The van der Waals surface area contributed by atoms with E-state index in [2.05, 4.69) is 15.6 Å². The lowest BCUT2D eigenvalue weighted by Crippen LogP contribution is -2.59. The van der Waals surface area contributed by atoms with E-state index in [9.17, 15) is 29.1 Å². The summed E-state index contributed by atoms with van der Waals surface area (Å²) in [6.45, 7) is 10.7. The SMILES string of the molecule is CCC(C)C(NC(=O)C1CCCCN1C)C(=O)N(CCOC)[C@H](CC(=O)c1nc(C(=O)N[C@@H](Cc2ccc(OC)cc2)C[C@H](C)C(=O)O)cs1)C(C)C. The molecule has 1 aliphatic heterocycles. The molecule has 1 aromatic heterocycles. The molecule has 0 radical (unpaired) electrons. The summed E-state index contributed by atoms with van der Waals surface area (Å²) in [5.41, 5.74) is 0.952. The standard InChI is InChI=1S/C39H59N5O8S/c1-9-25(4)34(42-36(47)31-12-10-11-17-43(31)6)38(48)44(18-19-51-7)32(24(2)3)22-33(45)37-41-30(23-53-37)35(46)40-28(20-26(5)39(49)50)21-27-13-15-29(52-8)16-14-27/h13-16,23-26,28,31-32,34H,9-12,17-22H2,1-8H3,(H,40,46)(H,42,47)(H,49,50)/t25?,26-,28+,31?,32+,34?/m0/s1. The van der Waals surface area contributed by atoms with E-state index in [0.29, 0.717) is 18.6 Å². The third kappa shape index (κ3) is 12.6. The largest absolute Gasteiger partial charge is 0.497 e. The number of thiazole rings is 1. The molecular formula is C39H59N5O8S. The number of carbonyl (C=O) groups is 5. The second-order valence-electron chi connectivity index (χ2n) is 14.6. The number of ether oxygens (including phenoxy) is 2. The van der Waals surface area contributed by atoms with Gasteiger partial charge in [0.2, 0.25) is 11.8 Å². The number of nitrogens with zero attached hydrogens (tertiary/aromatic N) is 3. The first-order chi connectivity index (χ1) is 25.2. The lowest BCUT2D eigenvalue weighted by Gasteiger charge is -2.39. The summed E-state index contributed by atoms with van der Waals surface area (Å²) in [6, 6.07) is 5.22. The lowest BCUT2D eigenvalue weighted by molar-refractivity contribution is -0.142. The van der Waals surface area contributed by atoms with Gasteiger partial charge in [-0.3, -0.25) is 28.9 Å². The van der Waals surface area contributed by atoms with E-state index in [-0.39, 0.29) is 72.2 Å². The van der Waals surface area contributed by atoms with E-state index in [1.54, 1.807) is 38.2 Å². The Morgan fingerprint density at radius 3 is 2.34 bits per heavy atom. The first-order valence-corrected chi connectivity index (χ1v) is 19.5. The molecule has 0 bridgehead atoms. The van der Waals surface area contributed by atoms with Crippen LogP contribution in [0.3, 0.4) is 0 Å². The fraction of sp³-hybridized carbons (Fsp3) is 0.641. The Bertz CT molecular complexity index is 1520. The number of benzene rings is 1. The molecule has 1 aliphatic rings. The van der Waals surface area contributed by atoms with Crippen molar-refractivity contribution < 1.29 is 38.6 Å². The minimum Gasteiger partial charge on any atom is -0.497 e. The normalized spacial score (nSPS) is 17.6. The van der Waals surface area contributed by atoms with Crippen LogP contribution in [0.25, 0.3) is 0 Å². The minimum absolute atomic E-state index is 0.0373. The Balaban J connectivity index is 1.80. The molecule has 14 heteroatoms. The monoisotopic (exact) mass is 757 g/mol. The number of likely N-dealkylation sites (N-methyl/N-ethyl adjacent to an activating group) is 1. The van der Waals surface area contributed by atoms with Crippen molar-refractivity contribution in [2.75, 3.05) is 41.0 Å². The number of carbonyl (C=O) groups excluding carboxylic acids is 4. The van der Waals surface area contributed by atoms with Gasteiger partial charge in [0.05, 0.1) is 25.7 Å². The van der Waals surface area contributed by atoms with Crippen molar-refractivity contribution in [2.45, 2.75) is 104 Å². The average molecular weight is 758 g/mol. The Hall–Kier alpha value is -3.88. The first-order valence-electron chi connectivity index (χ1n) is 18.7. The van der Waals surface area contributed by atoms with Crippen LogP contribution >= 0.6 is 11.3 Å². The van der Waals surface area contributed by atoms with Crippen LogP contribution in [0.5, 0.6) is 5.75 Å². The van der Waals surface area contributed by atoms with Gasteiger partial charge < -0.3 is 30.1 Å². The van der Waals surface area contributed by atoms with Gasteiger partial charge in [-0.2, -0.15) is 0 Å². The summed E-state index contributed by atoms with van der Waals surface area (Å²) in [7, 11) is 5.06. The summed E-state index contributed by atoms with van der Waals surface area (Å²) in [4.78, 5) is 74.9. The number of aliphatic carboxylic acids is 1. The van der Waals surface area contributed by atoms with Gasteiger partial charge in [-0.15, -0.1) is 11.3 Å². The van der Waals surface area contributed by atoms with Gasteiger partial charge in [-0.1, -0.05) is 59.6 Å². The predicted molar refractivity (Wildman–Crippen MR) is 204 cm³/mol. The van der Waals surface area contributed by atoms with Crippen molar-refractivity contribution in [1.29, 1.82) is 0 Å². The molecule has 0 spiro atoms. The Morgan fingerprint density at radius 2 is 1.75 bits per heavy atom. The summed E-state index contributed by atoms with van der Waals surface area (Å²) >= 11 is 1.05. The zero-order chi connectivity index (χ0) is 39.2. The van der Waals surface area contributed by atoms with Crippen LogP contribution in [-0.4, -0.2) is 114 Å². The molecule has 2 aromatic rings. The van der Waals surface area contributed by atoms with E-state index < -0.39 is 35.9 Å². The molecule has 0 aliphatic carbocycles. The van der Waals surface area contributed by atoms with Gasteiger partial charge in [0.25, 0.3) is 5.91 Å². The number of nitrogens with one attached hydrogen (secondary N) is 2. The molecule has 13 nitrogen and oxygen atoms in total. The van der Waals surface area contributed by atoms with Crippen molar-refractivity contribution in [3.63, 3.8) is 0 Å². The number of rotatable bonds is 21. The third-order valence-electron chi connectivity index (χ3n) is 10.2. The van der Waals surface area contributed by atoms with Gasteiger partial charge in [-0.25, -0.2) is 4.98 Å². The number of piperidine rings is 1. The van der Waals surface area contributed by atoms with Gasteiger partial charge >= 0.3 is 5.97 Å². The maximum atomic E-state index is 14.4. The minimum atomic E-state index is -0.965. The molecule has 0 saturated carbocycles. The molecule has 3 N–H and O–H groups in total. The molecule has 2 heterocycles. The lowest BCUT2D eigenvalue weighted by atomic mass is 9.92. The van der Waals surface area contributed by atoms with Gasteiger partial charge in [0.15, 0.2) is 10.8 Å². The number of carboxylic acid groups (broad SMARTS) is 1. The molecule has 3 amide bonds. The molecule has 1 saturated heterocycles. The van der Waals surface area contributed by atoms with Crippen LogP contribution in [0.2, 0.25) is 0 Å². The van der Waals surface area contributed by atoms with E-state index in [0.717, 1.165) is 42.7 Å². The molecule has 3 rings (SSSR count). The molecule has 1 fully saturated rings. The Morgan fingerprint density at radius 1 is 1.06 bits per heavy atom. The highest BCUT2D eigenvalue weighted by Gasteiger charge is 2.38. The number of likely N-dealkylation sites (tertiary alicyclic amines) is 1. The summed E-state index contributed by atoms with van der Waals surface area (Å²) in [5, 5.41) is 17.2. The highest BCUT2D eigenvalue weighted by Crippen LogP contribution is 2.24. The molecule has 294 valence electrons. The first kappa shape index (κ1) is 43.5. The molecule has 6 atom stereocenters. The van der Waals surface area contributed by atoms with Crippen molar-refractivity contribution >= 4 is 40.8 Å². The zero-order valence-corrected chi connectivity index (χ0v) is 33.4. The Kier molecular flexibility index (Phi) is 17.3. The average Bonchev–Trinajstić information content (AvgIpc) is 3.64. The molecular weight excluding hydrogens is 699 g/mol. The fourth-order valence-corrected chi connectivity index (χ4v) is 7.41. The van der Waals surface area contributed by atoms with Crippen molar-refractivity contribution in [3.05, 3.63) is 45.9 Å². The quantitative estimate of drug-likeness (QED) is 0.152. The van der Waals surface area contributed by atoms with Gasteiger partial charge in [0.1, 0.15) is 17.5 Å². The third-order valence-corrected chi connectivity index (χ3v) is 11.1. The van der Waals surface area contributed by atoms with E-state index in [1.807, 2.05) is 51.8 Å². The van der Waals surface area contributed by atoms with Gasteiger partial charge in [0, 0.05) is 37.5 Å². The van der Waals surface area contributed by atoms with E-state index in [1.165, 1.54) is 5.38 Å². The number of hydrogen-bond donors (Lipinski definition) is 3. The van der Waals surface area contributed by atoms with Crippen molar-refractivity contribution in [2.24, 2.45) is 17.8 Å². The summed E-state index contributed by atoms with van der Waals surface area (Å²) in [5.74, 6) is -2.51. The molecule has 1 aromatic carbocycles. The zero-order valence-electron chi connectivity index (χ0n) is 32.6. The maximum absolute atomic E-state index is 14.4. The molecule has 3 unspecified atom stereocenters. The van der Waals surface area contributed by atoms with Crippen LogP contribution in [0, 0.1) is 17.8 Å². The van der Waals surface area contributed by atoms with Crippen LogP contribution in [0.15, 0.2) is 29.6 Å². The summed E-state index contributed by atoms with van der Waals surface area (Å²) < 4.78 is 10.6. The predicted octanol–water partition coefficient (Wildman–Crippen LogP) is 4.69. The van der Waals surface area contributed by atoms with Crippen LogP contribution in [0.4, 0.5) is 0 Å². The van der Waals surface area contributed by atoms with Crippen LogP contribution < -0.4 is 15.4 Å². The van der Waals surface area contributed by atoms with E-state index in [4.69, 9.17) is 9.47 Å². The number of aromatic nitrogens is 1. The fourth-order valence-electron chi connectivity index (χ4n) is 6.66. The molecule has 53 heavy (non-hydrogen) atoms. The highest BCUT2D eigenvalue weighted by atomic mass is 32.1. The van der Waals surface area contributed by atoms with Crippen molar-refractivity contribution in [1.82, 2.24) is 25.4 Å². The van der Waals surface area contributed by atoms with Gasteiger partial charge in [-0.05, 0) is 68.8 Å². The van der Waals surface area contributed by atoms with E-state index >= 15 is 0 Å².